The second-order valence-electron chi connectivity index (χ2n) is 6.12. The third-order valence-electron chi connectivity index (χ3n) is 4.67. The number of carbonyl (C=O) groups is 1. The molecule has 1 spiro atoms. The van der Waals surface area contributed by atoms with Crippen LogP contribution in [0.3, 0.4) is 0 Å². The average molecular weight is 289 g/mol. The highest BCUT2D eigenvalue weighted by atomic mass is 16.5. The number of esters is 1. The summed E-state index contributed by atoms with van der Waals surface area (Å²) in [6.07, 6.45) is 0.960. The highest BCUT2D eigenvalue weighted by Gasteiger charge is 2.52. The van der Waals surface area contributed by atoms with E-state index in [0.29, 0.717) is 13.2 Å². The molecule has 0 aromatic heterocycles. The second-order valence-corrected chi connectivity index (χ2v) is 6.12. The number of carbonyl (C=O) groups excluding carboxylic acids is 1. The van der Waals surface area contributed by atoms with E-state index < -0.39 is 0 Å². The zero-order chi connectivity index (χ0) is 14.7. The molecular weight excluding hydrogens is 266 g/mol. The third-order valence-corrected chi connectivity index (χ3v) is 4.67. The number of nitrogens with zero attached hydrogens (tertiary/aromatic N) is 1. The predicted molar refractivity (Wildman–Crippen MR) is 79.7 cm³/mol. The fraction of sp³-hybridized carbons (Fsp3) is 0.588. The van der Waals surface area contributed by atoms with Gasteiger partial charge in [0, 0.05) is 31.7 Å². The predicted octanol–water partition coefficient (Wildman–Crippen LogP) is 2.09. The van der Waals surface area contributed by atoms with Crippen molar-refractivity contribution in [2.45, 2.75) is 19.9 Å². The van der Waals surface area contributed by atoms with Crippen molar-refractivity contribution < 1.29 is 14.3 Å². The van der Waals surface area contributed by atoms with Crippen LogP contribution in [-0.4, -0.2) is 43.8 Å². The van der Waals surface area contributed by atoms with Gasteiger partial charge in [0.2, 0.25) is 0 Å². The van der Waals surface area contributed by atoms with Crippen molar-refractivity contribution in [3.05, 3.63) is 35.9 Å². The Bertz CT molecular complexity index is 482. The Morgan fingerprint density at radius 3 is 2.90 bits per heavy atom. The summed E-state index contributed by atoms with van der Waals surface area (Å²) in [5, 5.41) is 0. The fourth-order valence-electron chi connectivity index (χ4n) is 3.62. The van der Waals surface area contributed by atoms with E-state index in [0.717, 1.165) is 32.7 Å². The smallest absolute Gasteiger partial charge is 0.310 e. The van der Waals surface area contributed by atoms with Crippen LogP contribution in [0, 0.1) is 11.3 Å². The summed E-state index contributed by atoms with van der Waals surface area (Å²) in [4.78, 5) is 14.7. The highest BCUT2D eigenvalue weighted by molar-refractivity contribution is 5.74. The van der Waals surface area contributed by atoms with Crippen LogP contribution in [0.25, 0.3) is 0 Å². The Morgan fingerprint density at radius 1 is 1.43 bits per heavy atom. The van der Waals surface area contributed by atoms with Crippen LogP contribution < -0.4 is 0 Å². The van der Waals surface area contributed by atoms with Crippen molar-refractivity contribution in [2.75, 3.05) is 32.9 Å². The zero-order valence-corrected chi connectivity index (χ0v) is 12.6. The van der Waals surface area contributed by atoms with Crippen LogP contribution in [0.2, 0.25) is 0 Å². The monoisotopic (exact) mass is 289 g/mol. The van der Waals surface area contributed by atoms with Gasteiger partial charge < -0.3 is 9.47 Å². The number of rotatable bonds is 4. The largest absolute Gasteiger partial charge is 0.466 e. The molecule has 0 aliphatic carbocycles. The van der Waals surface area contributed by atoms with E-state index in [1.54, 1.807) is 0 Å². The zero-order valence-electron chi connectivity index (χ0n) is 12.6. The van der Waals surface area contributed by atoms with Crippen molar-refractivity contribution >= 4 is 5.97 Å². The molecule has 2 aliphatic heterocycles. The molecular formula is C17H23NO3. The average Bonchev–Trinajstić information content (AvgIpc) is 3.09. The number of ether oxygens (including phenoxy) is 2. The van der Waals surface area contributed by atoms with Gasteiger partial charge in [0.1, 0.15) is 0 Å². The van der Waals surface area contributed by atoms with Crippen LogP contribution in [0.15, 0.2) is 30.3 Å². The minimum atomic E-state index is -0.0569. The molecule has 4 heteroatoms. The molecule has 21 heavy (non-hydrogen) atoms. The number of hydrogen-bond donors (Lipinski definition) is 0. The van der Waals surface area contributed by atoms with Gasteiger partial charge in [-0.05, 0) is 18.9 Å². The first-order valence-electron chi connectivity index (χ1n) is 7.74. The van der Waals surface area contributed by atoms with Gasteiger partial charge in [-0.2, -0.15) is 0 Å². The van der Waals surface area contributed by atoms with E-state index in [1.807, 2.05) is 13.0 Å². The molecule has 0 saturated carbocycles. The molecule has 0 bridgehead atoms. The van der Waals surface area contributed by atoms with Crippen molar-refractivity contribution in [3.63, 3.8) is 0 Å². The lowest BCUT2D eigenvalue weighted by molar-refractivity contribution is -0.151. The van der Waals surface area contributed by atoms with Crippen LogP contribution in [0.5, 0.6) is 0 Å². The van der Waals surface area contributed by atoms with E-state index in [4.69, 9.17) is 9.47 Å². The Hall–Kier alpha value is -1.39. The molecule has 2 unspecified atom stereocenters. The highest BCUT2D eigenvalue weighted by Crippen LogP contribution is 2.43. The Balaban J connectivity index is 1.73. The first-order valence-corrected chi connectivity index (χ1v) is 7.74. The van der Waals surface area contributed by atoms with Gasteiger partial charge in [0.15, 0.2) is 0 Å². The van der Waals surface area contributed by atoms with Crippen molar-refractivity contribution in [3.8, 4) is 0 Å². The van der Waals surface area contributed by atoms with E-state index in [9.17, 15) is 4.79 Å². The summed E-state index contributed by atoms with van der Waals surface area (Å²) < 4.78 is 10.9. The van der Waals surface area contributed by atoms with E-state index >= 15 is 0 Å². The maximum atomic E-state index is 12.3. The lowest BCUT2D eigenvalue weighted by atomic mass is 9.77. The molecule has 0 radical (unpaired) electrons. The molecule has 2 fully saturated rings. The standard InChI is InChI=1S/C17H23NO3/c1-2-21-16(19)15-11-18(10-14-6-4-3-5-7-14)12-17(15)8-9-20-13-17/h3-7,15H,2,8-13H2,1H3. The van der Waals surface area contributed by atoms with Crippen molar-refractivity contribution in [2.24, 2.45) is 11.3 Å². The van der Waals surface area contributed by atoms with Gasteiger partial charge in [-0.15, -0.1) is 0 Å². The van der Waals surface area contributed by atoms with Gasteiger partial charge in [-0.3, -0.25) is 9.69 Å². The van der Waals surface area contributed by atoms with E-state index in [1.165, 1.54) is 5.56 Å². The summed E-state index contributed by atoms with van der Waals surface area (Å²) in [5.74, 6) is -0.109. The maximum Gasteiger partial charge on any atom is 0.310 e. The van der Waals surface area contributed by atoms with Crippen LogP contribution in [0.4, 0.5) is 0 Å². The number of benzene rings is 1. The molecule has 2 atom stereocenters. The van der Waals surface area contributed by atoms with Gasteiger partial charge in [0.05, 0.1) is 19.1 Å². The SMILES string of the molecule is CCOC(=O)C1CN(Cc2ccccc2)CC12CCOC2. The summed E-state index contributed by atoms with van der Waals surface area (Å²) in [7, 11) is 0. The topological polar surface area (TPSA) is 38.8 Å². The molecule has 0 amide bonds. The summed E-state index contributed by atoms with van der Waals surface area (Å²) in [6.45, 7) is 6.34. The Kier molecular flexibility index (Phi) is 4.27. The van der Waals surface area contributed by atoms with E-state index in [2.05, 4.69) is 29.2 Å². The molecule has 114 valence electrons. The van der Waals surface area contributed by atoms with Crippen LogP contribution in [-0.2, 0) is 20.8 Å². The molecule has 2 aliphatic rings. The molecule has 1 aromatic carbocycles. The minimum Gasteiger partial charge on any atom is -0.466 e. The third kappa shape index (κ3) is 2.97. The Labute approximate surface area is 126 Å². The first kappa shape index (κ1) is 14.5. The summed E-state index contributed by atoms with van der Waals surface area (Å²) in [5.41, 5.74) is 1.25. The first-order chi connectivity index (χ1) is 10.2. The lowest BCUT2D eigenvalue weighted by Gasteiger charge is -2.26. The minimum absolute atomic E-state index is 0.0406. The van der Waals surface area contributed by atoms with Crippen molar-refractivity contribution in [1.29, 1.82) is 0 Å². The number of likely N-dealkylation sites (tertiary alicyclic amines) is 1. The number of hydrogen-bond acceptors (Lipinski definition) is 4. The van der Waals surface area contributed by atoms with Gasteiger partial charge in [0.25, 0.3) is 0 Å². The summed E-state index contributed by atoms with van der Waals surface area (Å²) in [6, 6.07) is 10.4. The van der Waals surface area contributed by atoms with Crippen LogP contribution >= 0.6 is 0 Å². The molecule has 0 N–H and O–H groups in total. The normalized spacial score (nSPS) is 29.1. The fourth-order valence-corrected chi connectivity index (χ4v) is 3.62. The van der Waals surface area contributed by atoms with E-state index in [-0.39, 0.29) is 17.3 Å². The quantitative estimate of drug-likeness (QED) is 0.796. The maximum absolute atomic E-state index is 12.3. The summed E-state index contributed by atoms with van der Waals surface area (Å²) >= 11 is 0. The molecule has 1 aromatic rings. The molecule has 4 nitrogen and oxygen atoms in total. The van der Waals surface area contributed by atoms with Gasteiger partial charge in [-0.1, -0.05) is 30.3 Å². The molecule has 2 saturated heterocycles. The second kappa shape index (κ2) is 6.16. The van der Waals surface area contributed by atoms with Gasteiger partial charge in [-0.25, -0.2) is 0 Å². The lowest BCUT2D eigenvalue weighted by Crippen LogP contribution is -2.36. The van der Waals surface area contributed by atoms with Crippen molar-refractivity contribution in [1.82, 2.24) is 4.90 Å². The van der Waals surface area contributed by atoms with Gasteiger partial charge >= 0.3 is 5.97 Å². The Morgan fingerprint density at radius 2 is 2.24 bits per heavy atom. The molecule has 2 heterocycles. The van der Waals surface area contributed by atoms with Crippen LogP contribution in [0.1, 0.15) is 18.9 Å². The molecule has 3 rings (SSSR count).